The first-order valence-corrected chi connectivity index (χ1v) is 7.75. The molecule has 1 saturated heterocycles. The van der Waals surface area contributed by atoms with Gasteiger partial charge in [0, 0.05) is 24.2 Å². The van der Waals surface area contributed by atoms with Crippen molar-refractivity contribution in [1.29, 1.82) is 0 Å². The number of hydrogen-bond acceptors (Lipinski definition) is 3. The van der Waals surface area contributed by atoms with Crippen LogP contribution in [-0.4, -0.2) is 31.9 Å². The molecule has 1 heterocycles. The van der Waals surface area contributed by atoms with Crippen LogP contribution in [0, 0.1) is 6.92 Å². The summed E-state index contributed by atoms with van der Waals surface area (Å²) in [5.74, 6) is 0. The van der Waals surface area contributed by atoms with E-state index in [0.29, 0.717) is 23.7 Å². The van der Waals surface area contributed by atoms with E-state index in [2.05, 4.69) is 0 Å². The van der Waals surface area contributed by atoms with Crippen molar-refractivity contribution in [1.82, 2.24) is 4.31 Å². The first-order chi connectivity index (χ1) is 8.41. The Morgan fingerprint density at radius 3 is 2.74 bits per heavy atom. The standard InChI is InChI=1S/C12H17ClN2O2S.ClH/c1-9-4-5-10(13)7-12(9)18(16,17)15-6-2-3-11(14)8-15;/h4-5,7,11H,2-3,6,8,14H2,1H3;1H. The molecule has 1 aliphatic rings. The molecule has 108 valence electrons. The second kappa shape index (κ2) is 6.41. The van der Waals surface area contributed by atoms with Crippen LogP contribution in [0.25, 0.3) is 0 Å². The van der Waals surface area contributed by atoms with Gasteiger partial charge in [-0.1, -0.05) is 17.7 Å². The molecule has 0 aliphatic carbocycles. The maximum absolute atomic E-state index is 12.5. The van der Waals surface area contributed by atoms with E-state index in [1.54, 1.807) is 19.1 Å². The summed E-state index contributed by atoms with van der Waals surface area (Å²) in [5.41, 5.74) is 6.54. The SMILES string of the molecule is Cc1ccc(Cl)cc1S(=O)(=O)N1CCCC(N)C1.Cl. The molecular formula is C12H18Cl2N2O2S. The average molecular weight is 325 g/mol. The zero-order valence-electron chi connectivity index (χ0n) is 10.7. The summed E-state index contributed by atoms with van der Waals surface area (Å²) >= 11 is 5.88. The Kier molecular flexibility index (Phi) is 5.65. The van der Waals surface area contributed by atoms with Crippen LogP contribution in [0.4, 0.5) is 0 Å². The van der Waals surface area contributed by atoms with Crippen molar-refractivity contribution < 1.29 is 8.42 Å². The Hall–Kier alpha value is -0.330. The second-order valence-corrected chi connectivity index (χ2v) is 7.02. The molecule has 0 radical (unpaired) electrons. The van der Waals surface area contributed by atoms with E-state index in [9.17, 15) is 8.42 Å². The molecule has 1 aliphatic heterocycles. The van der Waals surface area contributed by atoms with Crippen molar-refractivity contribution in [3.05, 3.63) is 28.8 Å². The molecule has 0 spiro atoms. The number of hydrogen-bond donors (Lipinski definition) is 1. The lowest BCUT2D eigenvalue weighted by Crippen LogP contribution is -2.45. The zero-order valence-corrected chi connectivity index (χ0v) is 13.1. The minimum atomic E-state index is -3.48. The number of piperidine rings is 1. The highest BCUT2D eigenvalue weighted by molar-refractivity contribution is 7.89. The highest BCUT2D eigenvalue weighted by Gasteiger charge is 2.29. The molecule has 1 unspecified atom stereocenters. The summed E-state index contributed by atoms with van der Waals surface area (Å²) < 4.78 is 26.5. The van der Waals surface area contributed by atoms with Crippen molar-refractivity contribution in [2.45, 2.75) is 30.7 Å². The lowest BCUT2D eigenvalue weighted by Gasteiger charge is -2.30. The van der Waals surface area contributed by atoms with Crippen LogP contribution in [0.15, 0.2) is 23.1 Å². The topological polar surface area (TPSA) is 63.4 Å². The van der Waals surface area contributed by atoms with Gasteiger partial charge in [0.2, 0.25) is 10.0 Å². The van der Waals surface area contributed by atoms with E-state index >= 15 is 0 Å². The highest BCUT2D eigenvalue weighted by Crippen LogP contribution is 2.25. The Bertz CT molecular complexity index is 549. The molecule has 0 bridgehead atoms. The summed E-state index contributed by atoms with van der Waals surface area (Å²) in [7, 11) is -3.48. The summed E-state index contributed by atoms with van der Waals surface area (Å²) in [6.07, 6.45) is 1.68. The first kappa shape index (κ1) is 16.7. The van der Waals surface area contributed by atoms with Crippen LogP contribution in [0.2, 0.25) is 5.02 Å². The van der Waals surface area contributed by atoms with Gasteiger partial charge < -0.3 is 5.73 Å². The van der Waals surface area contributed by atoms with Gasteiger partial charge in [0.15, 0.2) is 0 Å². The quantitative estimate of drug-likeness (QED) is 0.906. The Morgan fingerprint density at radius 2 is 2.11 bits per heavy atom. The van der Waals surface area contributed by atoms with Crippen molar-refractivity contribution in [3.8, 4) is 0 Å². The largest absolute Gasteiger partial charge is 0.327 e. The van der Waals surface area contributed by atoms with E-state index in [1.165, 1.54) is 10.4 Å². The molecule has 2 N–H and O–H groups in total. The Morgan fingerprint density at radius 1 is 1.42 bits per heavy atom. The average Bonchev–Trinajstić information content (AvgIpc) is 2.32. The molecule has 7 heteroatoms. The molecule has 4 nitrogen and oxygen atoms in total. The maximum Gasteiger partial charge on any atom is 0.243 e. The van der Waals surface area contributed by atoms with E-state index in [0.717, 1.165) is 12.8 Å². The summed E-state index contributed by atoms with van der Waals surface area (Å²) in [5, 5.41) is 0.431. The van der Waals surface area contributed by atoms with Crippen LogP contribution < -0.4 is 5.73 Å². The van der Waals surface area contributed by atoms with Gasteiger partial charge in [-0.2, -0.15) is 4.31 Å². The van der Waals surface area contributed by atoms with Gasteiger partial charge in [-0.25, -0.2) is 8.42 Å². The fourth-order valence-electron chi connectivity index (χ4n) is 2.18. The van der Waals surface area contributed by atoms with Crippen LogP contribution in [0.1, 0.15) is 18.4 Å². The predicted molar refractivity (Wildman–Crippen MR) is 79.4 cm³/mol. The van der Waals surface area contributed by atoms with Gasteiger partial charge in [0.05, 0.1) is 4.90 Å². The van der Waals surface area contributed by atoms with E-state index in [-0.39, 0.29) is 23.3 Å². The minimum Gasteiger partial charge on any atom is -0.327 e. The Balaban J connectivity index is 0.00000180. The van der Waals surface area contributed by atoms with Crippen molar-refractivity contribution in [3.63, 3.8) is 0 Å². The number of rotatable bonds is 2. The molecular weight excluding hydrogens is 307 g/mol. The van der Waals surface area contributed by atoms with Crippen molar-refractivity contribution in [2.24, 2.45) is 5.73 Å². The van der Waals surface area contributed by atoms with Gasteiger partial charge >= 0.3 is 0 Å². The van der Waals surface area contributed by atoms with Crippen LogP contribution in [-0.2, 0) is 10.0 Å². The molecule has 1 aromatic rings. The summed E-state index contributed by atoms with van der Waals surface area (Å²) in [4.78, 5) is 0.282. The van der Waals surface area contributed by atoms with Crippen LogP contribution in [0.5, 0.6) is 0 Å². The third-order valence-electron chi connectivity index (χ3n) is 3.19. The molecule has 2 rings (SSSR count). The normalized spacial score (nSPS) is 20.9. The summed E-state index contributed by atoms with van der Waals surface area (Å²) in [6.45, 7) is 2.68. The van der Waals surface area contributed by atoms with E-state index in [4.69, 9.17) is 17.3 Å². The third kappa shape index (κ3) is 3.61. The predicted octanol–water partition coefficient (Wildman–Crippen LogP) is 2.18. The fourth-order valence-corrected chi connectivity index (χ4v) is 4.21. The summed E-state index contributed by atoms with van der Waals surface area (Å²) in [6, 6.07) is 4.84. The molecule has 1 atom stereocenters. The molecule has 1 fully saturated rings. The minimum absolute atomic E-state index is 0. The fraction of sp³-hybridized carbons (Fsp3) is 0.500. The van der Waals surface area contributed by atoms with Crippen LogP contribution >= 0.6 is 24.0 Å². The smallest absolute Gasteiger partial charge is 0.243 e. The van der Waals surface area contributed by atoms with Crippen molar-refractivity contribution in [2.75, 3.05) is 13.1 Å². The highest BCUT2D eigenvalue weighted by atomic mass is 35.5. The van der Waals surface area contributed by atoms with Gasteiger partial charge in [0.25, 0.3) is 0 Å². The third-order valence-corrected chi connectivity index (χ3v) is 5.43. The molecule has 1 aromatic carbocycles. The Labute approximate surface area is 125 Å². The number of nitrogens with zero attached hydrogens (tertiary/aromatic N) is 1. The van der Waals surface area contributed by atoms with Gasteiger partial charge in [-0.3, -0.25) is 0 Å². The number of sulfonamides is 1. The molecule has 19 heavy (non-hydrogen) atoms. The number of halogens is 2. The van der Waals surface area contributed by atoms with Gasteiger partial charge in [0.1, 0.15) is 0 Å². The number of benzene rings is 1. The first-order valence-electron chi connectivity index (χ1n) is 5.93. The monoisotopic (exact) mass is 324 g/mol. The molecule has 0 aromatic heterocycles. The molecule has 0 saturated carbocycles. The number of nitrogens with two attached hydrogens (primary N) is 1. The zero-order chi connectivity index (χ0) is 13.3. The van der Waals surface area contributed by atoms with Crippen molar-refractivity contribution >= 4 is 34.0 Å². The lowest BCUT2D eigenvalue weighted by atomic mass is 10.1. The van der Waals surface area contributed by atoms with E-state index in [1.807, 2.05) is 0 Å². The van der Waals surface area contributed by atoms with Gasteiger partial charge in [-0.15, -0.1) is 12.4 Å². The van der Waals surface area contributed by atoms with Gasteiger partial charge in [-0.05, 0) is 37.5 Å². The lowest BCUT2D eigenvalue weighted by molar-refractivity contribution is 0.316. The van der Waals surface area contributed by atoms with Crippen LogP contribution in [0.3, 0.4) is 0 Å². The maximum atomic E-state index is 12.5. The molecule has 0 amide bonds. The van der Waals surface area contributed by atoms with E-state index < -0.39 is 10.0 Å². The number of aryl methyl sites for hydroxylation is 1. The second-order valence-electron chi connectivity index (χ2n) is 4.68.